The normalized spacial score (nSPS) is 17.1. The number of nitrogens with one attached hydrogen (secondary N) is 2. The maximum atomic E-state index is 14.5. The number of allylic oxidation sites excluding steroid dienone is 3. The van der Waals surface area contributed by atoms with Crippen LogP contribution in [0.4, 0.5) is 4.39 Å². The quantitative estimate of drug-likeness (QED) is 0.447. The summed E-state index contributed by atoms with van der Waals surface area (Å²) in [6, 6.07) is 5.23. The molecular weight excluding hydrogens is 363 g/mol. The lowest BCUT2D eigenvalue weighted by molar-refractivity contribution is 0.534. The molecule has 5 heteroatoms. The number of hydrogen-bond donors (Lipinski definition) is 2. The molecule has 1 heterocycles. The summed E-state index contributed by atoms with van der Waals surface area (Å²) in [5, 5.41) is 6.68. The molecule has 2 rings (SSSR count). The Hall–Kier alpha value is -2.66. The summed E-state index contributed by atoms with van der Waals surface area (Å²) in [5.41, 5.74) is 2.35. The van der Waals surface area contributed by atoms with Crippen LogP contribution in [0, 0.1) is 5.82 Å². The van der Waals surface area contributed by atoms with Gasteiger partial charge in [0.2, 0.25) is 0 Å². The van der Waals surface area contributed by atoms with Gasteiger partial charge in [-0.25, -0.2) is 4.39 Å². The van der Waals surface area contributed by atoms with Crippen molar-refractivity contribution in [3.8, 4) is 0 Å². The third-order valence-corrected chi connectivity index (χ3v) is 4.70. The average molecular weight is 397 g/mol. The molecule has 0 spiro atoms. The zero-order valence-electron chi connectivity index (χ0n) is 17.8. The number of unbranched alkanes of at least 4 members (excludes halogenated alkanes) is 1. The Bertz CT molecular complexity index is 805. The molecule has 0 saturated carbocycles. The number of nitrogens with zero attached hydrogens (tertiary/aromatic N) is 2. The average Bonchev–Trinajstić information content (AvgIpc) is 2.73. The molecule has 0 bridgehead atoms. The number of rotatable bonds is 10. The molecule has 1 aliphatic rings. The Balaban J connectivity index is 2.11. The second kappa shape index (κ2) is 12.0. The fraction of sp³-hybridized carbons (Fsp3) is 0.375. The van der Waals surface area contributed by atoms with Crippen LogP contribution in [0.5, 0.6) is 0 Å². The van der Waals surface area contributed by atoms with E-state index in [4.69, 9.17) is 0 Å². The molecule has 1 aromatic carbocycles. The summed E-state index contributed by atoms with van der Waals surface area (Å²) in [4.78, 5) is 6.53. The monoisotopic (exact) mass is 396 g/mol. The standard InChI is InChI=1S/C24H33FN4/c1-5-8-9-10-14-26-15-16-27-23-13-17-29(4)24(28-23)20(7-3)21-18-19(6-2)11-12-22(21)25/h7,9-13,17-18,26H,3,5-6,8,14-16H2,1-2,4H3,(H,27,28)/b10-9-,24-20+. The zero-order chi connectivity index (χ0) is 21.1. The van der Waals surface area contributed by atoms with Gasteiger partial charge in [0.1, 0.15) is 17.5 Å². The smallest absolute Gasteiger partial charge is 0.131 e. The lowest BCUT2D eigenvalue weighted by atomic mass is 10.0. The Labute approximate surface area is 174 Å². The first kappa shape index (κ1) is 22.6. The Morgan fingerprint density at radius 1 is 1.31 bits per heavy atom. The largest absolute Gasteiger partial charge is 0.337 e. The molecule has 0 atom stereocenters. The number of benzene rings is 1. The van der Waals surface area contributed by atoms with Crippen LogP contribution < -0.4 is 10.6 Å². The SMILES string of the molecule is C=C/C(=C1/NC(=NCCNC/C=C\CCC)C=CN1C)c1cc(CC)ccc1F. The first-order valence-electron chi connectivity index (χ1n) is 10.3. The summed E-state index contributed by atoms with van der Waals surface area (Å²) >= 11 is 0. The van der Waals surface area contributed by atoms with Gasteiger partial charge in [0, 0.05) is 37.5 Å². The van der Waals surface area contributed by atoms with Crippen LogP contribution in [-0.4, -0.2) is 37.4 Å². The molecule has 2 N–H and O–H groups in total. The fourth-order valence-electron chi connectivity index (χ4n) is 3.00. The van der Waals surface area contributed by atoms with E-state index in [1.165, 1.54) is 12.5 Å². The van der Waals surface area contributed by atoms with Gasteiger partial charge in [-0.15, -0.1) is 0 Å². The van der Waals surface area contributed by atoms with Crippen LogP contribution >= 0.6 is 0 Å². The van der Waals surface area contributed by atoms with Gasteiger partial charge < -0.3 is 15.5 Å². The minimum Gasteiger partial charge on any atom is -0.337 e. The summed E-state index contributed by atoms with van der Waals surface area (Å²) in [7, 11) is 1.92. The molecule has 0 aromatic heterocycles. The van der Waals surface area contributed by atoms with Crippen molar-refractivity contribution < 1.29 is 4.39 Å². The Kier molecular flexibility index (Phi) is 9.38. The van der Waals surface area contributed by atoms with Crippen LogP contribution in [0.25, 0.3) is 5.57 Å². The number of aliphatic imine (C=N–C) groups is 1. The zero-order valence-corrected chi connectivity index (χ0v) is 17.8. The van der Waals surface area contributed by atoms with E-state index >= 15 is 0 Å². The Morgan fingerprint density at radius 2 is 2.14 bits per heavy atom. The molecule has 0 amide bonds. The predicted octanol–water partition coefficient (Wildman–Crippen LogP) is 4.64. The molecule has 1 aliphatic heterocycles. The molecule has 1 aromatic rings. The molecule has 29 heavy (non-hydrogen) atoms. The van der Waals surface area contributed by atoms with Gasteiger partial charge in [0.25, 0.3) is 0 Å². The van der Waals surface area contributed by atoms with Gasteiger partial charge >= 0.3 is 0 Å². The number of halogens is 1. The third kappa shape index (κ3) is 6.71. The van der Waals surface area contributed by atoms with Gasteiger partial charge in [-0.05, 0) is 36.6 Å². The summed E-state index contributed by atoms with van der Waals surface area (Å²) in [6.45, 7) is 10.5. The van der Waals surface area contributed by atoms with Gasteiger partial charge in [-0.1, -0.05) is 51.1 Å². The maximum Gasteiger partial charge on any atom is 0.131 e. The van der Waals surface area contributed by atoms with Crippen molar-refractivity contribution in [2.45, 2.75) is 33.1 Å². The number of aryl methyl sites for hydroxylation is 1. The Morgan fingerprint density at radius 3 is 2.86 bits per heavy atom. The molecular formula is C24H33FN4. The molecule has 0 aliphatic carbocycles. The van der Waals surface area contributed by atoms with Gasteiger partial charge in [0.05, 0.1) is 6.54 Å². The molecule has 0 fully saturated rings. The molecule has 0 unspecified atom stereocenters. The van der Waals surface area contributed by atoms with Crippen molar-refractivity contribution in [3.05, 3.63) is 78.0 Å². The minimum absolute atomic E-state index is 0.256. The van der Waals surface area contributed by atoms with E-state index in [-0.39, 0.29) is 5.82 Å². The fourth-order valence-corrected chi connectivity index (χ4v) is 3.00. The minimum atomic E-state index is -0.256. The van der Waals surface area contributed by atoms with Crippen molar-refractivity contribution in [1.82, 2.24) is 15.5 Å². The lowest BCUT2D eigenvalue weighted by Crippen LogP contribution is -2.35. The van der Waals surface area contributed by atoms with E-state index in [1.54, 1.807) is 6.08 Å². The first-order chi connectivity index (χ1) is 14.1. The maximum absolute atomic E-state index is 14.5. The summed E-state index contributed by atoms with van der Waals surface area (Å²) in [5.74, 6) is 1.27. The molecule has 4 nitrogen and oxygen atoms in total. The number of hydrogen-bond acceptors (Lipinski definition) is 3. The van der Waals surface area contributed by atoms with Crippen molar-refractivity contribution in [2.24, 2.45) is 4.99 Å². The van der Waals surface area contributed by atoms with Crippen LogP contribution in [0.3, 0.4) is 0 Å². The van der Waals surface area contributed by atoms with Crippen LogP contribution in [0.2, 0.25) is 0 Å². The van der Waals surface area contributed by atoms with Gasteiger partial charge in [0.15, 0.2) is 0 Å². The highest BCUT2D eigenvalue weighted by atomic mass is 19.1. The van der Waals surface area contributed by atoms with Crippen molar-refractivity contribution in [2.75, 3.05) is 26.7 Å². The van der Waals surface area contributed by atoms with Crippen molar-refractivity contribution in [1.29, 1.82) is 0 Å². The second-order valence-corrected chi connectivity index (χ2v) is 6.92. The third-order valence-electron chi connectivity index (χ3n) is 4.70. The highest BCUT2D eigenvalue weighted by molar-refractivity contribution is 5.96. The van der Waals surface area contributed by atoms with Crippen LogP contribution in [0.1, 0.15) is 37.8 Å². The van der Waals surface area contributed by atoms with E-state index in [1.807, 2.05) is 36.4 Å². The molecule has 0 radical (unpaired) electrons. The predicted molar refractivity (Wildman–Crippen MR) is 122 cm³/mol. The van der Waals surface area contributed by atoms with E-state index in [0.29, 0.717) is 12.1 Å². The highest BCUT2D eigenvalue weighted by Gasteiger charge is 2.17. The van der Waals surface area contributed by atoms with E-state index < -0.39 is 0 Å². The second-order valence-electron chi connectivity index (χ2n) is 6.92. The van der Waals surface area contributed by atoms with E-state index in [0.717, 1.165) is 48.7 Å². The van der Waals surface area contributed by atoms with E-state index in [2.05, 4.69) is 48.2 Å². The summed E-state index contributed by atoms with van der Waals surface area (Å²) < 4.78 is 14.5. The van der Waals surface area contributed by atoms with Crippen LogP contribution in [-0.2, 0) is 6.42 Å². The van der Waals surface area contributed by atoms with Crippen molar-refractivity contribution >= 4 is 11.4 Å². The lowest BCUT2D eigenvalue weighted by Gasteiger charge is -2.27. The van der Waals surface area contributed by atoms with Crippen molar-refractivity contribution in [3.63, 3.8) is 0 Å². The molecule has 156 valence electrons. The van der Waals surface area contributed by atoms with Gasteiger partial charge in [-0.3, -0.25) is 4.99 Å². The molecule has 0 saturated heterocycles. The highest BCUT2D eigenvalue weighted by Crippen LogP contribution is 2.26. The van der Waals surface area contributed by atoms with Crippen LogP contribution in [0.15, 0.2) is 66.1 Å². The number of amidine groups is 1. The topological polar surface area (TPSA) is 39.7 Å². The van der Waals surface area contributed by atoms with E-state index in [9.17, 15) is 4.39 Å². The first-order valence-corrected chi connectivity index (χ1v) is 10.3. The summed E-state index contributed by atoms with van der Waals surface area (Å²) in [6.07, 6.45) is 13.0. The van der Waals surface area contributed by atoms with Gasteiger partial charge in [-0.2, -0.15) is 0 Å².